The number of hydrogen-bond acceptors (Lipinski definition) is 3. The van der Waals surface area contributed by atoms with E-state index in [1.165, 1.54) is 0 Å². The van der Waals surface area contributed by atoms with Crippen LogP contribution >= 0.6 is 0 Å². The summed E-state index contributed by atoms with van der Waals surface area (Å²) in [4.78, 5) is 22.3. The Bertz CT molecular complexity index is 290. The van der Waals surface area contributed by atoms with Crippen molar-refractivity contribution in [1.29, 1.82) is 0 Å². The summed E-state index contributed by atoms with van der Waals surface area (Å²) in [6.07, 6.45) is 5.78. The van der Waals surface area contributed by atoms with Crippen LogP contribution in [0.4, 0.5) is 0 Å². The van der Waals surface area contributed by atoms with Gasteiger partial charge in [-0.15, -0.1) is 12.3 Å². The number of carbonyl (C=O) groups excluding carboxylic acids is 1. The van der Waals surface area contributed by atoms with Gasteiger partial charge in [0.25, 0.3) is 0 Å². The predicted octanol–water partition coefficient (Wildman–Crippen LogP) is -0.811. The third-order valence-electron chi connectivity index (χ3n) is 2.37. The van der Waals surface area contributed by atoms with Gasteiger partial charge in [-0.1, -0.05) is 0 Å². The van der Waals surface area contributed by atoms with Gasteiger partial charge in [-0.25, -0.2) is 4.79 Å². The molecule has 82 valence electrons. The molecule has 1 fully saturated rings. The van der Waals surface area contributed by atoms with Crippen LogP contribution in [-0.4, -0.2) is 36.1 Å². The monoisotopic (exact) mass is 210 g/mol. The molecule has 0 bridgehead atoms. The van der Waals surface area contributed by atoms with E-state index in [1.54, 1.807) is 0 Å². The number of carboxylic acids is 1. The molecular formula is C10H14N2O3. The Morgan fingerprint density at radius 3 is 2.87 bits per heavy atom. The second-order valence-corrected chi connectivity index (χ2v) is 3.50. The molecule has 0 saturated carbocycles. The zero-order chi connectivity index (χ0) is 11.3. The first-order valence-electron chi connectivity index (χ1n) is 4.82. The van der Waals surface area contributed by atoms with Crippen LogP contribution in [0.25, 0.3) is 0 Å². The van der Waals surface area contributed by atoms with Crippen molar-refractivity contribution >= 4 is 11.9 Å². The van der Waals surface area contributed by atoms with Crippen LogP contribution in [0.15, 0.2) is 0 Å². The maximum atomic E-state index is 11.6. The van der Waals surface area contributed by atoms with E-state index >= 15 is 0 Å². The zero-order valence-electron chi connectivity index (χ0n) is 8.32. The third-order valence-corrected chi connectivity index (χ3v) is 2.37. The highest BCUT2D eigenvalue weighted by Crippen LogP contribution is 2.07. The lowest BCUT2D eigenvalue weighted by Gasteiger charge is -2.14. The second kappa shape index (κ2) is 5.37. The van der Waals surface area contributed by atoms with Gasteiger partial charge in [-0.2, -0.15) is 0 Å². The molecule has 3 N–H and O–H groups in total. The van der Waals surface area contributed by atoms with Crippen LogP contribution in [0.2, 0.25) is 0 Å². The summed E-state index contributed by atoms with van der Waals surface area (Å²) in [6.45, 7) is 1.40. The van der Waals surface area contributed by atoms with Crippen molar-refractivity contribution in [2.75, 3.05) is 13.1 Å². The van der Waals surface area contributed by atoms with E-state index in [0.717, 1.165) is 13.0 Å². The minimum atomic E-state index is -1.09. The van der Waals surface area contributed by atoms with Crippen molar-refractivity contribution in [2.45, 2.75) is 18.9 Å². The summed E-state index contributed by atoms with van der Waals surface area (Å²) < 4.78 is 0. The molecule has 5 heteroatoms. The fourth-order valence-electron chi connectivity index (χ4n) is 1.49. The molecule has 0 aliphatic carbocycles. The van der Waals surface area contributed by atoms with Crippen molar-refractivity contribution in [3.05, 3.63) is 0 Å². The third kappa shape index (κ3) is 3.26. The van der Waals surface area contributed by atoms with Gasteiger partial charge in [0.15, 0.2) is 0 Å². The maximum Gasteiger partial charge on any atom is 0.327 e. The summed E-state index contributed by atoms with van der Waals surface area (Å²) in [5, 5.41) is 14.2. The van der Waals surface area contributed by atoms with E-state index < -0.39 is 12.0 Å². The number of terminal acetylenes is 1. The molecule has 0 aromatic heterocycles. The standard InChI is InChI=1S/C10H14N2O3/c1-2-3-8(10(14)15)12-9(13)7-4-5-11-6-7/h1,7-8,11H,3-6H2,(H,12,13)(H,14,15). The summed E-state index contributed by atoms with van der Waals surface area (Å²) >= 11 is 0. The first-order valence-corrected chi connectivity index (χ1v) is 4.82. The number of nitrogens with one attached hydrogen (secondary N) is 2. The van der Waals surface area contributed by atoms with Gasteiger partial charge in [0.05, 0.1) is 5.92 Å². The van der Waals surface area contributed by atoms with Gasteiger partial charge in [-0.05, 0) is 13.0 Å². The molecule has 1 saturated heterocycles. The Morgan fingerprint density at radius 1 is 1.67 bits per heavy atom. The van der Waals surface area contributed by atoms with Crippen LogP contribution in [0.5, 0.6) is 0 Å². The predicted molar refractivity (Wildman–Crippen MR) is 54.0 cm³/mol. The molecule has 0 spiro atoms. The molecule has 2 unspecified atom stereocenters. The van der Waals surface area contributed by atoms with E-state index in [9.17, 15) is 9.59 Å². The lowest BCUT2D eigenvalue weighted by molar-refractivity contribution is -0.142. The Hall–Kier alpha value is -1.54. The number of aliphatic carboxylic acids is 1. The quantitative estimate of drug-likeness (QED) is 0.530. The minimum Gasteiger partial charge on any atom is -0.480 e. The molecule has 0 aromatic carbocycles. The van der Waals surface area contributed by atoms with Crippen molar-refractivity contribution in [1.82, 2.24) is 10.6 Å². The summed E-state index contributed by atoms with van der Waals surface area (Å²) in [5.74, 6) is 0.775. The van der Waals surface area contributed by atoms with Crippen molar-refractivity contribution in [2.24, 2.45) is 5.92 Å². The topological polar surface area (TPSA) is 78.4 Å². The van der Waals surface area contributed by atoms with E-state index in [0.29, 0.717) is 6.54 Å². The molecule has 15 heavy (non-hydrogen) atoms. The molecule has 0 aromatic rings. The van der Waals surface area contributed by atoms with Crippen molar-refractivity contribution in [3.63, 3.8) is 0 Å². The zero-order valence-corrected chi connectivity index (χ0v) is 8.32. The summed E-state index contributed by atoms with van der Waals surface area (Å²) in [5.41, 5.74) is 0. The van der Waals surface area contributed by atoms with Gasteiger partial charge < -0.3 is 15.7 Å². The average Bonchev–Trinajstić information content (AvgIpc) is 2.69. The lowest BCUT2D eigenvalue weighted by atomic mass is 10.1. The SMILES string of the molecule is C#CCC(NC(=O)C1CCNC1)C(=O)O. The maximum absolute atomic E-state index is 11.6. The van der Waals surface area contributed by atoms with E-state index in [4.69, 9.17) is 11.5 Å². The van der Waals surface area contributed by atoms with Crippen LogP contribution < -0.4 is 10.6 Å². The highest BCUT2D eigenvalue weighted by molar-refractivity contribution is 5.85. The fourth-order valence-corrected chi connectivity index (χ4v) is 1.49. The van der Waals surface area contributed by atoms with Gasteiger partial charge >= 0.3 is 5.97 Å². The Morgan fingerprint density at radius 2 is 2.40 bits per heavy atom. The normalized spacial score (nSPS) is 21.7. The Kier molecular flexibility index (Phi) is 4.13. The first-order chi connectivity index (χ1) is 7.15. The molecule has 1 aliphatic heterocycles. The van der Waals surface area contributed by atoms with Gasteiger partial charge in [0.1, 0.15) is 6.04 Å². The number of amides is 1. The van der Waals surface area contributed by atoms with Crippen molar-refractivity contribution < 1.29 is 14.7 Å². The van der Waals surface area contributed by atoms with Crippen molar-refractivity contribution in [3.8, 4) is 12.3 Å². The highest BCUT2D eigenvalue weighted by Gasteiger charge is 2.26. The fraction of sp³-hybridized carbons (Fsp3) is 0.600. The number of carboxylic acid groups (broad SMARTS) is 1. The van der Waals surface area contributed by atoms with Crippen LogP contribution in [0.1, 0.15) is 12.8 Å². The van der Waals surface area contributed by atoms with Crippen LogP contribution in [0.3, 0.4) is 0 Å². The van der Waals surface area contributed by atoms with Crippen LogP contribution in [-0.2, 0) is 9.59 Å². The molecule has 2 atom stereocenters. The average molecular weight is 210 g/mol. The van der Waals surface area contributed by atoms with E-state index in [2.05, 4.69) is 16.6 Å². The van der Waals surface area contributed by atoms with Gasteiger partial charge in [-0.3, -0.25) is 4.79 Å². The Balaban J connectivity index is 2.46. The minimum absolute atomic E-state index is 0.0151. The molecule has 0 radical (unpaired) electrons. The molecule has 1 rings (SSSR count). The second-order valence-electron chi connectivity index (χ2n) is 3.50. The molecular weight excluding hydrogens is 196 g/mol. The van der Waals surface area contributed by atoms with Gasteiger partial charge in [0, 0.05) is 13.0 Å². The summed E-state index contributed by atoms with van der Waals surface area (Å²) in [7, 11) is 0. The molecule has 1 heterocycles. The van der Waals surface area contributed by atoms with Crippen LogP contribution in [0, 0.1) is 18.3 Å². The van der Waals surface area contributed by atoms with E-state index in [-0.39, 0.29) is 18.2 Å². The largest absolute Gasteiger partial charge is 0.480 e. The molecule has 5 nitrogen and oxygen atoms in total. The highest BCUT2D eigenvalue weighted by atomic mass is 16.4. The molecule has 1 aliphatic rings. The smallest absolute Gasteiger partial charge is 0.327 e. The van der Waals surface area contributed by atoms with Gasteiger partial charge in [0.2, 0.25) is 5.91 Å². The molecule has 1 amide bonds. The Labute approximate surface area is 88.2 Å². The number of carbonyl (C=O) groups is 2. The number of rotatable bonds is 4. The summed E-state index contributed by atoms with van der Waals surface area (Å²) in [6, 6.07) is -0.969. The van der Waals surface area contributed by atoms with E-state index in [1.807, 2.05) is 0 Å². The lowest BCUT2D eigenvalue weighted by Crippen LogP contribution is -2.43. The first kappa shape index (κ1) is 11.5. The number of hydrogen-bond donors (Lipinski definition) is 3.